The second-order valence-electron chi connectivity index (χ2n) is 2.91. The summed E-state index contributed by atoms with van der Waals surface area (Å²) in [6.45, 7) is 0. The van der Waals surface area contributed by atoms with Crippen LogP contribution in [0, 0.1) is 0 Å². The summed E-state index contributed by atoms with van der Waals surface area (Å²) < 4.78 is 25.8. The number of amidine groups is 1. The Labute approximate surface area is 101 Å². The highest BCUT2D eigenvalue weighted by Gasteiger charge is 2.24. The lowest BCUT2D eigenvalue weighted by molar-refractivity contribution is 0.591. The van der Waals surface area contributed by atoms with Gasteiger partial charge in [-0.05, 0) is 18.2 Å². The Balaban J connectivity index is 2.69. The Hall–Kier alpha value is -0.590. The molecule has 0 saturated heterocycles. The van der Waals surface area contributed by atoms with Gasteiger partial charge in [-0.3, -0.25) is 4.72 Å². The van der Waals surface area contributed by atoms with E-state index in [4.69, 9.17) is 11.6 Å². The zero-order valence-electron chi connectivity index (χ0n) is 7.37. The van der Waals surface area contributed by atoms with E-state index in [2.05, 4.69) is 25.6 Å². The van der Waals surface area contributed by atoms with Gasteiger partial charge in [0.05, 0.1) is 11.0 Å². The summed E-state index contributed by atoms with van der Waals surface area (Å²) in [7, 11) is -3.52. The zero-order valence-corrected chi connectivity index (χ0v) is 10.5. The summed E-state index contributed by atoms with van der Waals surface area (Å²) in [6, 6.07) is 4.57. The van der Waals surface area contributed by atoms with Crippen LogP contribution in [0.1, 0.15) is 0 Å². The van der Waals surface area contributed by atoms with Crippen molar-refractivity contribution in [2.45, 2.75) is 4.90 Å². The molecule has 0 bridgehead atoms. The van der Waals surface area contributed by atoms with Gasteiger partial charge in [-0.15, -0.1) is 0 Å². The molecule has 4 nitrogen and oxygen atoms in total. The predicted molar refractivity (Wildman–Crippen MR) is 62.7 cm³/mol. The second kappa shape index (κ2) is 3.77. The lowest BCUT2D eigenvalue weighted by atomic mass is 10.3. The van der Waals surface area contributed by atoms with Crippen molar-refractivity contribution in [2.75, 3.05) is 5.33 Å². The number of nitrogens with one attached hydrogen (secondary N) is 1. The van der Waals surface area contributed by atoms with Crippen LogP contribution in [0.2, 0.25) is 5.02 Å². The van der Waals surface area contributed by atoms with Gasteiger partial charge in [-0.1, -0.05) is 27.5 Å². The highest BCUT2D eigenvalue weighted by Crippen LogP contribution is 2.30. The molecule has 0 spiro atoms. The maximum absolute atomic E-state index is 11.7. The first-order chi connectivity index (χ1) is 7.03. The standard InChI is InChI=1S/C8H6BrClN2O2S/c9-4-8-11-6-2-1-5(10)3-7(6)15(13,14)12-8/h1-3H,4H2,(H,11,12). The van der Waals surface area contributed by atoms with Crippen LogP contribution in [0.4, 0.5) is 5.69 Å². The molecule has 0 atom stereocenters. The van der Waals surface area contributed by atoms with Crippen molar-refractivity contribution in [3.05, 3.63) is 23.2 Å². The van der Waals surface area contributed by atoms with Gasteiger partial charge < -0.3 is 0 Å². The average molecular weight is 310 g/mol. The van der Waals surface area contributed by atoms with Gasteiger partial charge in [0.15, 0.2) is 0 Å². The fraction of sp³-hybridized carbons (Fsp3) is 0.125. The third kappa shape index (κ3) is 2.02. The molecule has 0 aliphatic carbocycles. The molecule has 2 rings (SSSR count). The molecule has 0 fully saturated rings. The molecule has 1 aliphatic heterocycles. The molecule has 7 heteroatoms. The van der Waals surface area contributed by atoms with E-state index < -0.39 is 10.0 Å². The van der Waals surface area contributed by atoms with E-state index in [9.17, 15) is 8.42 Å². The molecule has 1 N–H and O–H groups in total. The topological polar surface area (TPSA) is 58.5 Å². The Bertz CT molecular complexity index is 542. The highest BCUT2D eigenvalue weighted by molar-refractivity contribution is 9.09. The van der Waals surface area contributed by atoms with Gasteiger partial charge in [0.1, 0.15) is 10.7 Å². The van der Waals surface area contributed by atoms with Crippen molar-refractivity contribution in [2.24, 2.45) is 4.99 Å². The van der Waals surface area contributed by atoms with Gasteiger partial charge in [-0.2, -0.15) is 0 Å². The van der Waals surface area contributed by atoms with E-state index >= 15 is 0 Å². The van der Waals surface area contributed by atoms with Crippen molar-refractivity contribution in [1.29, 1.82) is 0 Å². The van der Waals surface area contributed by atoms with E-state index in [0.29, 0.717) is 21.9 Å². The number of rotatable bonds is 1. The maximum atomic E-state index is 11.7. The van der Waals surface area contributed by atoms with Crippen LogP contribution in [0.25, 0.3) is 0 Å². The normalized spacial score (nSPS) is 17.6. The molecule has 0 aromatic heterocycles. The molecule has 0 radical (unpaired) electrons. The van der Waals surface area contributed by atoms with E-state index in [0.717, 1.165) is 0 Å². The summed E-state index contributed by atoms with van der Waals surface area (Å²) in [4.78, 5) is 4.23. The molecule has 1 aromatic rings. The third-order valence-electron chi connectivity index (χ3n) is 1.85. The molecule has 0 amide bonds. The molecule has 0 saturated carbocycles. The Morgan fingerprint density at radius 3 is 2.87 bits per heavy atom. The predicted octanol–water partition coefficient (Wildman–Crippen LogP) is 2.06. The highest BCUT2D eigenvalue weighted by atomic mass is 79.9. The van der Waals surface area contributed by atoms with Crippen LogP contribution in [0.15, 0.2) is 28.1 Å². The number of aliphatic imine (C=N–C) groups is 1. The van der Waals surface area contributed by atoms with E-state index in [1.165, 1.54) is 6.07 Å². The molecular weight excluding hydrogens is 304 g/mol. The molecule has 0 unspecified atom stereocenters. The van der Waals surface area contributed by atoms with Gasteiger partial charge in [-0.25, -0.2) is 13.4 Å². The summed E-state index contributed by atoms with van der Waals surface area (Å²) in [6.07, 6.45) is 0. The van der Waals surface area contributed by atoms with Crippen LogP contribution in [0.5, 0.6) is 0 Å². The number of benzene rings is 1. The van der Waals surface area contributed by atoms with E-state index in [1.807, 2.05) is 0 Å². The first-order valence-corrected chi connectivity index (χ1v) is 6.97. The number of hydrogen-bond acceptors (Lipinski definition) is 3. The van der Waals surface area contributed by atoms with Crippen LogP contribution >= 0.6 is 27.5 Å². The second-order valence-corrected chi connectivity index (χ2v) is 5.56. The Morgan fingerprint density at radius 2 is 2.20 bits per heavy atom. The van der Waals surface area contributed by atoms with Crippen LogP contribution in [-0.4, -0.2) is 19.6 Å². The first-order valence-electron chi connectivity index (χ1n) is 3.99. The van der Waals surface area contributed by atoms with Gasteiger partial charge >= 0.3 is 0 Å². The first kappa shape index (κ1) is 10.9. The van der Waals surface area contributed by atoms with Gasteiger partial charge in [0, 0.05) is 5.02 Å². The van der Waals surface area contributed by atoms with E-state index in [-0.39, 0.29) is 4.90 Å². The number of hydrogen-bond donors (Lipinski definition) is 1. The lowest BCUT2D eigenvalue weighted by Gasteiger charge is -2.16. The summed E-state index contributed by atoms with van der Waals surface area (Å²) >= 11 is 8.87. The van der Waals surface area contributed by atoms with Gasteiger partial charge in [0.2, 0.25) is 0 Å². The third-order valence-corrected chi connectivity index (χ3v) is 4.02. The summed E-state index contributed by atoms with van der Waals surface area (Å²) in [5.41, 5.74) is 0.410. The number of halogens is 2. The Kier molecular flexibility index (Phi) is 2.74. The van der Waals surface area contributed by atoms with Crippen LogP contribution < -0.4 is 4.72 Å². The molecule has 15 heavy (non-hydrogen) atoms. The van der Waals surface area contributed by atoms with Crippen molar-refractivity contribution in [3.63, 3.8) is 0 Å². The molecule has 1 aromatic carbocycles. The minimum Gasteiger partial charge on any atom is -0.266 e. The number of nitrogens with zero attached hydrogens (tertiary/aromatic N) is 1. The number of fused-ring (bicyclic) bond motifs is 1. The number of sulfonamides is 1. The lowest BCUT2D eigenvalue weighted by Crippen LogP contribution is -2.34. The molecular formula is C8H6BrClN2O2S. The van der Waals surface area contributed by atoms with Crippen LogP contribution in [0.3, 0.4) is 0 Å². The minimum absolute atomic E-state index is 0.111. The Morgan fingerprint density at radius 1 is 1.47 bits per heavy atom. The average Bonchev–Trinajstić information content (AvgIpc) is 2.18. The fourth-order valence-corrected chi connectivity index (χ4v) is 3.13. The number of alkyl halides is 1. The monoisotopic (exact) mass is 308 g/mol. The molecule has 1 heterocycles. The maximum Gasteiger partial charge on any atom is 0.265 e. The van der Waals surface area contributed by atoms with Crippen molar-refractivity contribution < 1.29 is 8.42 Å². The van der Waals surface area contributed by atoms with Crippen molar-refractivity contribution in [3.8, 4) is 0 Å². The summed E-state index contributed by atoms with van der Waals surface area (Å²) in [5, 5.41) is 0.727. The SMILES string of the molecule is O=S1(=O)NC(CBr)=Nc2ccc(Cl)cc21. The fourth-order valence-electron chi connectivity index (χ4n) is 1.23. The van der Waals surface area contributed by atoms with Crippen molar-refractivity contribution in [1.82, 2.24) is 4.72 Å². The van der Waals surface area contributed by atoms with Crippen LogP contribution in [-0.2, 0) is 10.0 Å². The smallest absolute Gasteiger partial charge is 0.265 e. The van der Waals surface area contributed by atoms with Gasteiger partial charge in [0.25, 0.3) is 10.0 Å². The quantitative estimate of drug-likeness (QED) is 0.807. The zero-order chi connectivity index (χ0) is 11.1. The minimum atomic E-state index is -3.52. The summed E-state index contributed by atoms with van der Waals surface area (Å²) in [5.74, 6) is 0.366. The molecule has 80 valence electrons. The largest absolute Gasteiger partial charge is 0.266 e. The van der Waals surface area contributed by atoms with E-state index in [1.54, 1.807) is 12.1 Å². The van der Waals surface area contributed by atoms with Crippen molar-refractivity contribution >= 4 is 49.1 Å². The molecule has 1 aliphatic rings.